The van der Waals surface area contributed by atoms with E-state index in [-0.39, 0.29) is 5.91 Å². The van der Waals surface area contributed by atoms with Crippen LogP contribution < -0.4 is 0 Å². The molecule has 0 aliphatic carbocycles. The molecule has 4 heteroatoms. The van der Waals surface area contributed by atoms with Crippen LogP contribution in [-0.2, 0) is 4.79 Å². The Balaban J connectivity index is 2.36. The van der Waals surface area contributed by atoms with E-state index in [0.717, 1.165) is 26.2 Å². The Labute approximate surface area is 77.8 Å². The largest absolute Gasteiger partial charge is 0.337 e. The molecule has 0 unspecified atom stereocenters. The van der Waals surface area contributed by atoms with Gasteiger partial charge in [-0.25, -0.2) is 4.39 Å². The number of alkyl halides is 1. The lowest BCUT2D eigenvalue weighted by Gasteiger charge is -2.31. The van der Waals surface area contributed by atoms with Gasteiger partial charge >= 0.3 is 0 Å². The highest BCUT2D eigenvalue weighted by Gasteiger charge is 2.16. The summed E-state index contributed by atoms with van der Waals surface area (Å²) in [4.78, 5) is 15.2. The Bertz CT molecular complexity index is 198. The average Bonchev–Trinajstić information content (AvgIpc) is 2.15. The van der Waals surface area contributed by atoms with Gasteiger partial charge in [-0.1, -0.05) is 0 Å². The molecule has 0 atom stereocenters. The zero-order valence-corrected chi connectivity index (χ0v) is 7.87. The number of hydrogen-bond donors (Lipinski definition) is 0. The number of halogens is 1. The smallest absolute Gasteiger partial charge is 0.246 e. The molecular formula is C9H15FN2O. The summed E-state index contributed by atoms with van der Waals surface area (Å²) in [7, 11) is 2.03. The van der Waals surface area contributed by atoms with E-state index in [9.17, 15) is 9.18 Å². The summed E-state index contributed by atoms with van der Waals surface area (Å²) in [6, 6.07) is 0. The Morgan fingerprint density at radius 3 is 2.54 bits per heavy atom. The summed E-state index contributed by atoms with van der Waals surface area (Å²) >= 11 is 0. The highest BCUT2D eigenvalue weighted by atomic mass is 19.1. The van der Waals surface area contributed by atoms with Gasteiger partial charge in [0.2, 0.25) is 5.91 Å². The predicted octanol–water partition coefficient (Wildman–Crippen LogP) is 0.286. The Kier molecular flexibility index (Phi) is 3.89. The van der Waals surface area contributed by atoms with Gasteiger partial charge in [-0.2, -0.15) is 0 Å². The summed E-state index contributed by atoms with van der Waals surface area (Å²) in [6.45, 7) is 2.71. The number of amides is 1. The summed E-state index contributed by atoms with van der Waals surface area (Å²) in [5.74, 6) is -0.0780. The van der Waals surface area contributed by atoms with Crippen molar-refractivity contribution in [2.24, 2.45) is 0 Å². The second-order valence-corrected chi connectivity index (χ2v) is 3.19. The highest BCUT2D eigenvalue weighted by molar-refractivity contribution is 5.87. The van der Waals surface area contributed by atoms with Crippen molar-refractivity contribution in [1.82, 2.24) is 9.80 Å². The Morgan fingerprint density at radius 1 is 1.38 bits per heavy atom. The Morgan fingerprint density at radius 2 is 2.00 bits per heavy atom. The van der Waals surface area contributed by atoms with Crippen molar-refractivity contribution in [3.05, 3.63) is 12.2 Å². The molecule has 74 valence electrons. The number of carbonyl (C=O) groups excluding carboxylic acids is 1. The van der Waals surface area contributed by atoms with Crippen molar-refractivity contribution < 1.29 is 9.18 Å². The van der Waals surface area contributed by atoms with Crippen LogP contribution in [0.3, 0.4) is 0 Å². The van der Waals surface area contributed by atoms with Gasteiger partial charge in [-0.05, 0) is 13.1 Å². The third-order valence-electron chi connectivity index (χ3n) is 2.16. The monoisotopic (exact) mass is 186 g/mol. The van der Waals surface area contributed by atoms with Crippen LogP contribution in [0.15, 0.2) is 12.2 Å². The number of likely N-dealkylation sites (N-methyl/N-ethyl adjacent to an activating group) is 1. The Hall–Kier alpha value is -0.900. The molecule has 0 bridgehead atoms. The van der Waals surface area contributed by atoms with Gasteiger partial charge in [0.15, 0.2) is 0 Å². The van der Waals surface area contributed by atoms with Gasteiger partial charge in [0.1, 0.15) is 6.67 Å². The van der Waals surface area contributed by atoms with Crippen molar-refractivity contribution in [2.45, 2.75) is 0 Å². The molecule has 0 saturated carbocycles. The first-order valence-electron chi connectivity index (χ1n) is 4.44. The van der Waals surface area contributed by atoms with Gasteiger partial charge in [-0.3, -0.25) is 4.79 Å². The van der Waals surface area contributed by atoms with Crippen LogP contribution >= 0.6 is 0 Å². The van der Waals surface area contributed by atoms with E-state index in [2.05, 4.69) is 4.90 Å². The summed E-state index contributed by atoms with van der Waals surface area (Å²) in [6.07, 6.45) is 2.56. The van der Waals surface area contributed by atoms with Crippen LogP contribution in [0.2, 0.25) is 0 Å². The fraction of sp³-hybridized carbons (Fsp3) is 0.667. The topological polar surface area (TPSA) is 23.6 Å². The van der Waals surface area contributed by atoms with E-state index in [0.29, 0.717) is 0 Å². The molecule has 1 aliphatic rings. The standard InChI is InChI=1S/C9H15FN2O/c1-11-5-7-12(8-6-11)9(13)3-2-4-10/h2-3H,4-8H2,1H3/b3-2+. The molecule has 0 spiro atoms. The van der Waals surface area contributed by atoms with Crippen molar-refractivity contribution in [2.75, 3.05) is 39.9 Å². The SMILES string of the molecule is CN1CCN(C(=O)/C=C/CF)CC1. The first kappa shape index (κ1) is 10.2. The zero-order valence-electron chi connectivity index (χ0n) is 7.87. The van der Waals surface area contributed by atoms with Crippen molar-refractivity contribution in [3.8, 4) is 0 Å². The van der Waals surface area contributed by atoms with Gasteiger partial charge in [0.05, 0.1) is 0 Å². The number of carbonyl (C=O) groups is 1. The first-order chi connectivity index (χ1) is 6.24. The van der Waals surface area contributed by atoms with Crippen molar-refractivity contribution >= 4 is 5.91 Å². The molecule has 1 amide bonds. The van der Waals surface area contributed by atoms with Crippen LogP contribution in [0.5, 0.6) is 0 Å². The van der Waals surface area contributed by atoms with Crippen molar-refractivity contribution in [1.29, 1.82) is 0 Å². The lowest BCUT2D eigenvalue weighted by Crippen LogP contribution is -2.46. The van der Waals surface area contributed by atoms with Crippen LogP contribution in [0, 0.1) is 0 Å². The van der Waals surface area contributed by atoms with Crippen molar-refractivity contribution in [3.63, 3.8) is 0 Å². The van der Waals surface area contributed by atoms with Crippen LogP contribution in [0.4, 0.5) is 4.39 Å². The summed E-state index contributed by atoms with van der Waals surface area (Å²) in [5.41, 5.74) is 0. The minimum absolute atomic E-state index is 0.0780. The lowest BCUT2D eigenvalue weighted by molar-refractivity contribution is -0.127. The van der Waals surface area contributed by atoms with Crippen LogP contribution in [-0.4, -0.2) is 55.6 Å². The molecule has 1 heterocycles. The van der Waals surface area contributed by atoms with Crippen LogP contribution in [0.1, 0.15) is 0 Å². The third kappa shape index (κ3) is 3.14. The summed E-state index contributed by atoms with van der Waals surface area (Å²) < 4.78 is 11.7. The molecule has 13 heavy (non-hydrogen) atoms. The molecule has 0 aromatic carbocycles. The molecule has 1 fully saturated rings. The highest BCUT2D eigenvalue weighted by Crippen LogP contribution is 1.99. The first-order valence-corrected chi connectivity index (χ1v) is 4.44. The van der Waals surface area contributed by atoms with Gasteiger partial charge < -0.3 is 9.80 Å². The number of piperazine rings is 1. The number of allylic oxidation sites excluding steroid dienone is 1. The minimum atomic E-state index is -0.570. The maximum atomic E-state index is 11.7. The quantitative estimate of drug-likeness (QED) is 0.578. The fourth-order valence-corrected chi connectivity index (χ4v) is 1.28. The molecule has 0 aromatic rings. The van der Waals surface area contributed by atoms with E-state index in [4.69, 9.17) is 0 Å². The van der Waals surface area contributed by atoms with E-state index >= 15 is 0 Å². The normalized spacial score (nSPS) is 19.7. The van der Waals surface area contributed by atoms with Gasteiger partial charge in [-0.15, -0.1) is 0 Å². The maximum Gasteiger partial charge on any atom is 0.246 e. The van der Waals surface area contributed by atoms with Crippen LogP contribution in [0.25, 0.3) is 0 Å². The molecule has 0 N–H and O–H groups in total. The second kappa shape index (κ2) is 4.97. The average molecular weight is 186 g/mol. The zero-order chi connectivity index (χ0) is 9.68. The molecule has 3 nitrogen and oxygen atoms in total. The molecule has 0 radical (unpaired) electrons. The molecular weight excluding hydrogens is 171 g/mol. The predicted molar refractivity (Wildman–Crippen MR) is 49.2 cm³/mol. The van der Waals surface area contributed by atoms with E-state index in [1.54, 1.807) is 4.90 Å². The van der Waals surface area contributed by atoms with Gasteiger partial charge in [0, 0.05) is 32.3 Å². The molecule has 0 aromatic heterocycles. The fourth-order valence-electron chi connectivity index (χ4n) is 1.28. The second-order valence-electron chi connectivity index (χ2n) is 3.19. The van der Waals surface area contributed by atoms with E-state index < -0.39 is 6.67 Å². The number of nitrogens with zero attached hydrogens (tertiary/aromatic N) is 2. The van der Waals surface area contributed by atoms with E-state index in [1.807, 2.05) is 7.05 Å². The number of rotatable bonds is 2. The third-order valence-corrected chi connectivity index (χ3v) is 2.16. The molecule has 1 aliphatic heterocycles. The maximum absolute atomic E-state index is 11.7. The molecule has 1 rings (SSSR count). The lowest BCUT2D eigenvalue weighted by atomic mass is 10.3. The van der Waals surface area contributed by atoms with Gasteiger partial charge in [0.25, 0.3) is 0 Å². The molecule has 1 saturated heterocycles. The minimum Gasteiger partial charge on any atom is -0.337 e. The summed E-state index contributed by atoms with van der Waals surface area (Å²) in [5, 5.41) is 0. The number of hydrogen-bond acceptors (Lipinski definition) is 2. The van der Waals surface area contributed by atoms with E-state index in [1.165, 1.54) is 12.2 Å².